The summed E-state index contributed by atoms with van der Waals surface area (Å²) >= 11 is 0. The van der Waals surface area contributed by atoms with Gasteiger partial charge in [-0.1, -0.05) is 36.4 Å². The first-order valence-electron chi connectivity index (χ1n) is 7.78. The zero-order valence-electron chi connectivity index (χ0n) is 13.2. The molecule has 0 radical (unpaired) electrons. The Kier molecular flexibility index (Phi) is 3.23. The van der Waals surface area contributed by atoms with Crippen LogP contribution in [0.2, 0.25) is 0 Å². The van der Waals surface area contributed by atoms with E-state index in [9.17, 15) is 0 Å². The van der Waals surface area contributed by atoms with Crippen molar-refractivity contribution >= 4 is 23.0 Å². The maximum atomic E-state index is 4.76. The van der Waals surface area contributed by atoms with Gasteiger partial charge in [0.05, 0.1) is 11.9 Å². The molecule has 0 bridgehead atoms. The number of fused-ring (bicyclic) bond motifs is 1. The Bertz CT molecular complexity index is 817. The molecule has 4 rings (SSSR count). The maximum absolute atomic E-state index is 4.76. The fraction of sp³-hybridized carbons (Fsp3) is 0.158. The molecule has 1 atom stereocenters. The van der Waals surface area contributed by atoms with Gasteiger partial charge in [-0.25, -0.2) is 9.97 Å². The van der Waals surface area contributed by atoms with Crippen molar-refractivity contribution in [2.75, 3.05) is 9.80 Å². The third kappa shape index (κ3) is 2.23. The van der Waals surface area contributed by atoms with Crippen molar-refractivity contribution in [3.05, 3.63) is 72.6 Å². The summed E-state index contributed by atoms with van der Waals surface area (Å²) in [5.41, 5.74) is 3.17. The Labute approximate surface area is 136 Å². The smallest absolute Gasteiger partial charge is 0.178 e. The molecule has 1 aliphatic rings. The van der Waals surface area contributed by atoms with E-state index in [1.807, 2.05) is 25.3 Å². The van der Waals surface area contributed by atoms with Gasteiger partial charge in [-0.05, 0) is 38.1 Å². The average Bonchev–Trinajstić information content (AvgIpc) is 2.87. The van der Waals surface area contributed by atoms with Gasteiger partial charge in [-0.2, -0.15) is 0 Å². The van der Waals surface area contributed by atoms with Crippen molar-refractivity contribution in [1.29, 1.82) is 0 Å². The molecule has 0 saturated heterocycles. The molecular weight excluding hydrogens is 284 g/mol. The van der Waals surface area contributed by atoms with E-state index in [4.69, 9.17) is 4.98 Å². The molecule has 0 amide bonds. The highest BCUT2D eigenvalue weighted by atomic mass is 15.5. The minimum atomic E-state index is 0.108. The molecule has 0 aliphatic carbocycles. The van der Waals surface area contributed by atoms with Crippen LogP contribution in [0, 0.1) is 6.92 Å². The molecule has 2 aromatic carbocycles. The molecule has 1 aliphatic heterocycles. The third-order valence-corrected chi connectivity index (χ3v) is 4.13. The second-order valence-electron chi connectivity index (χ2n) is 5.70. The molecular formula is C19H18N4. The van der Waals surface area contributed by atoms with Crippen LogP contribution < -0.4 is 9.80 Å². The van der Waals surface area contributed by atoms with Crippen LogP contribution in [0.15, 0.2) is 66.9 Å². The van der Waals surface area contributed by atoms with Gasteiger partial charge >= 0.3 is 0 Å². The Morgan fingerprint density at radius 3 is 1.87 bits per heavy atom. The zero-order valence-corrected chi connectivity index (χ0v) is 13.2. The lowest BCUT2D eigenvalue weighted by Gasteiger charge is -2.29. The molecule has 0 spiro atoms. The largest absolute Gasteiger partial charge is 0.302 e. The molecule has 23 heavy (non-hydrogen) atoms. The number of aryl methyl sites for hydroxylation is 1. The Balaban J connectivity index is 1.89. The van der Waals surface area contributed by atoms with Crippen LogP contribution in [0.5, 0.6) is 0 Å². The van der Waals surface area contributed by atoms with Crippen LogP contribution in [-0.4, -0.2) is 16.1 Å². The third-order valence-electron chi connectivity index (χ3n) is 4.13. The summed E-state index contributed by atoms with van der Waals surface area (Å²) in [5, 5.41) is 0. The summed E-state index contributed by atoms with van der Waals surface area (Å²) in [6.45, 7) is 4.16. The number of hydrogen-bond donors (Lipinski definition) is 0. The normalized spacial score (nSPS) is 16.5. The van der Waals surface area contributed by atoms with E-state index in [0.717, 1.165) is 28.7 Å². The standard InChI is InChI=1S/C19H18N4/c1-14-13-20-18-19(21-14)23(17-11-7-4-8-12-17)15(2)22(18)16-9-5-3-6-10-16/h3-13,15H,1-2H3. The zero-order chi connectivity index (χ0) is 15.8. The van der Waals surface area contributed by atoms with E-state index in [2.05, 4.69) is 70.2 Å². The molecule has 0 saturated carbocycles. The fourth-order valence-electron chi connectivity index (χ4n) is 3.11. The molecule has 114 valence electrons. The first-order valence-corrected chi connectivity index (χ1v) is 7.78. The predicted molar refractivity (Wildman–Crippen MR) is 93.4 cm³/mol. The number of rotatable bonds is 2. The van der Waals surface area contributed by atoms with Gasteiger partial charge in [-0.15, -0.1) is 0 Å². The van der Waals surface area contributed by atoms with Crippen molar-refractivity contribution in [2.45, 2.75) is 20.0 Å². The van der Waals surface area contributed by atoms with E-state index in [1.54, 1.807) is 0 Å². The molecule has 3 aromatic rings. The van der Waals surface area contributed by atoms with Crippen molar-refractivity contribution in [2.24, 2.45) is 0 Å². The molecule has 1 aromatic heterocycles. The van der Waals surface area contributed by atoms with E-state index >= 15 is 0 Å². The Morgan fingerprint density at radius 1 is 0.783 bits per heavy atom. The van der Waals surface area contributed by atoms with E-state index in [1.165, 1.54) is 0 Å². The van der Waals surface area contributed by atoms with Gasteiger partial charge in [0.2, 0.25) is 0 Å². The minimum Gasteiger partial charge on any atom is -0.302 e. The maximum Gasteiger partial charge on any atom is 0.178 e. The summed E-state index contributed by atoms with van der Waals surface area (Å²) in [5.74, 6) is 1.81. The SMILES string of the molecule is Cc1cnc2c(n1)N(c1ccccc1)C(C)N2c1ccccc1. The monoisotopic (exact) mass is 302 g/mol. The number of anilines is 4. The lowest BCUT2D eigenvalue weighted by molar-refractivity contribution is 0.754. The highest BCUT2D eigenvalue weighted by molar-refractivity contribution is 5.83. The number of aromatic nitrogens is 2. The molecule has 0 N–H and O–H groups in total. The van der Waals surface area contributed by atoms with Gasteiger partial charge in [0.25, 0.3) is 0 Å². The van der Waals surface area contributed by atoms with Crippen molar-refractivity contribution < 1.29 is 0 Å². The summed E-state index contributed by atoms with van der Waals surface area (Å²) in [4.78, 5) is 13.9. The topological polar surface area (TPSA) is 32.3 Å². The van der Waals surface area contributed by atoms with E-state index < -0.39 is 0 Å². The van der Waals surface area contributed by atoms with Crippen LogP contribution in [0.4, 0.5) is 23.0 Å². The van der Waals surface area contributed by atoms with E-state index in [-0.39, 0.29) is 6.17 Å². The van der Waals surface area contributed by atoms with Crippen molar-refractivity contribution in [1.82, 2.24) is 9.97 Å². The highest BCUT2D eigenvalue weighted by Crippen LogP contribution is 2.44. The summed E-state index contributed by atoms with van der Waals surface area (Å²) in [6, 6.07) is 20.7. The Morgan fingerprint density at radius 2 is 1.30 bits per heavy atom. The number of nitrogens with zero attached hydrogens (tertiary/aromatic N) is 4. The lowest BCUT2D eigenvalue weighted by atomic mass is 10.2. The van der Waals surface area contributed by atoms with Gasteiger partial charge in [-0.3, -0.25) is 0 Å². The number of para-hydroxylation sites is 2. The van der Waals surface area contributed by atoms with Crippen LogP contribution in [0.25, 0.3) is 0 Å². The van der Waals surface area contributed by atoms with Crippen LogP contribution in [-0.2, 0) is 0 Å². The molecule has 4 nitrogen and oxygen atoms in total. The summed E-state index contributed by atoms with van der Waals surface area (Å²) in [7, 11) is 0. The minimum absolute atomic E-state index is 0.108. The molecule has 1 unspecified atom stereocenters. The van der Waals surface area contributed by atoms with Crippen LogP contribution in [0.3, 0.4) is 0 Å². The second-order valence-corrected chi connectivity index (χ2v) is 5.70. The summed E-state index contributed by atoms with van der Waals surface area (Å²) in [6.07, 6.45) is 1.94. The highest BCUT2D eigenvalue weighted by Gasteiger charge is 2.37. The van der Waals surface area contributed by atoms with Gasteiger partial charge in [0, 0.05) is 11.4 Å². The molecule has 4 heteroatoms. The van der Waals surface area contributed by atoms with Crippen LogP contribution >= 0.6 is 0 Å². The quantitative estimate of drug-likeness (QED) is 0.701. The van der Waals surface area contributed by atoms with Crippen LogP contribution in [0.1, 0.15) is 12.6 Å². The average molecular weight is 302 g/mol. The van der Waals surface area contributed by atoms with Crippen molar-refractivity contribution in [3.63, 3.8) is 0 Å². The van der Waals surface area contributed by atoms with Gasteiger partial charge in [0.1, 0.15) is 6.17 Å². The van der Waals surface area contributed by atoms with E-state index in [0.29, 0.717) is 0 Å². The first kappa shape index (κ1) is 13.8. The second kappa shape index (κ2) is 5.39. The lowest BCUT2D eigenvalue weighted by Crippen LogP contribution is -2.35. The van der Waals surface area contributed by atoms with Gasteiger partial charge < -0.3 is 9.80 Å². The van der Waals surface area contributed by atoms with Gasteiger partial charge in [0.15, 0.2) is 11.6 Å². The fourth-order valence-corrected chi connectivity index (χ4v) is 3.11. The number of benzene rings is 2. The first-order chi connectivity index (χ1) is 11.3. The Hall–Kier alpha value is -2.88. The summed E-state index contributed by atoms with van der Waals surface area (Å²) < 4.78 is 0. The predicted octanol–water partition coefficient (Wildman–Crippen LogP) is 4.42. The molecule has 0 fully saturated rings. The van der Waals surface area contributed by atoms with Crippen molar-refractivity contribution in [3.8, 4) is 0 Å². The number of hydrogen-bond acceptors (Lipinski definition) is 4. The molecule has 2 heterocycles.